The number of nitrogens with zero attached hydrogens (tertiary/aromatic N) is 1. The molecule has 0 unspecified atom stereocenters. The van der Waals surface area contributed by atoms with E-state index in [2.05, 4.69) is 15.6 Å². The van der Waals surface area contributed by atoms with Gasteiger partial charge in [0.1, 0.15) is 10.6 Å². The summed E-state index contributed by atoms with van der Waals surface area (Å²) < 4.78 is 5.04. The summed E-state index contributed by atoms with van der Waals surface area (Å²) in [5.41, 5.74) is 2.89. The number of methoxy groups -OCH3 is 1. The van der Waals surface area contributed by atoms with Crippen LogP contribution in [0.15, 0.2) is 29.8 Å². The molecule has 1 aromatic carbocycles. The van der Waals surface area contributed by atoms with Gasteiger partial charge in [-0.05, 0) is 31.2 Å². The summed E-state index contributed by atoms with van der Waals surface area (Å²) in [5.74, 6) is 0.341. The lowest BCUT2D eigenvalue weighted by molar-refractivity contribution is 0.0929. The van der Waals surface area contributed by atoms with E-state index in [-0.39, 0.29) is 11.8 Å². The van der Waals surface area contributed by atoms with E-state index < -0.39 is 0 Å². The molecule has 0 bridgehead atoms. The Morgan fingerprint density at radius 2 is 1.77 bits per heavy atom. The second kappa shape index (κ2) is 7.56. The predicted octanol–water partition coefficient (Wildman–Crippen LogP) is 1.62. The van der Waals surface area contributed by atoms with E-state index in [4.69, 9.17) is 4.74 Å². The topological polar surface area (TPSA) is 80.3 Å². The van der Waals surface area contributed by atoms with E-state index in [1.165, 1.54) is 11.3 Å². The van der Waals surface area contributed by atoms with E-state index in [0.29, 0.717) is 35.0 Å². The molecule has 1 heterocycles. The maximum absolute atomic E-state index is 11.9. The van der Waals surface area contributed by atoms with Crippen LogP contribution in [-0.2, 0) is 0 Å². The van der Waals surface area contributed by atoms with Gasteiger partial charge in [-0.15, -0.1) is 11.3 Å². The summed E-state index contributed by atoms with van der Waals surface area (Å²) in [6, 6.07) is 6.83. The minimum absolute atomic E-state index is 0.168. The fourth-order valence-electron chi connectivity index (χ4n) is 1.80. The van der Waals surface area contributed by atoms with Crippen molar-refractivity contribution in [3.63, 3.8) is 0 Å². The van der Waals surface area contributed by atoms with Crippen molar-refractivity contribution in [3.05, 3.63) is 45.9 Å². The summed E-state index contributed by atoms with van der Waals surface area (Å²) in [5, 5.41) is 5.49. The highest BCUT2D eigenvalue weighted by atomic mass is 32.1. The van der Waals surface area contributed by atoms with Crippen molar-refractivity contribution in [2.45, 2.75) is 6.92 Å². The minimum atomic E-state index is -0.189. The zero-order valence-corrected chi connectivity index (χ0v) is 13.2. The van der Waals surface area contributed by atoms with Gasteiger partial charge >= 0.3 is 0 Å². The highest BCUT2D eigenvalue weighted by Crippen LogP contribution is 2.12. The molecule has 2 aromatic rings. The highest BCUT2D eigenvalue weighted by molar-refractivity contribution is 7.11. The van der Waals surface area contributed by atoms with Crippen LogP contribution in [-0.4, -0.2) is 37.0 Å². The number of hydrogen-bond donors (Lipinski definition) is 2. The molecule has 0 aliphatic carbocycles. The van der Waals surface area contributed by atoms with Crippen LogP contribution in [0.25, 0.3) is 0 Å². The molecule has 0 saturated carbocycles. The van der Waals surface area contributed by atoms with E-state index in [0.717, 1.165) is 0 Å². The Balaban J connectivity index is 1.75. The molecule has 0 aliphatic rings. The molecule has 7 heteroatoms. The number of aryl methyl sites for hydroxylation is 1. The molecule has 0 atom stereocenters. The van der Waals surface area contributed by atoms with Crippen molar-refractivity contribution in [1.29, 1.82) is 0 Å². The Hall–Kier alpha value is -2.41. The molecular formula is C15H17N3O3S. The van der Waals surface area contributed by atoms with Crippen LogP contribution in [0.3, 0.4) is 0 Å². The monoisotopic (exact) mass is 319 g/mol. The molecule has 0 radical (unpaired) electrons. The molecule has 116 valence electrons. The Morgan fingerprint density at radius 3 is 2.32 bits per heavy atom. The van der Waals surface area contributed by atoms with Gasteiger partial charge < -0.3 is 15.4 Å². The minimum Gasteiger partial charge on any atom is -0.497 e. The van der Waals surface area contributed by atoms with Gasteiger partial charge in [-0.2, -0.15) is 0 Å². The lowest BCUT2D eigenvalue weighted by atomic mass is 10.2. The molecule has 0 fully saturated rings. The molecule has 0 saturated heterocycles. The van der Waals surface area contributed by atoms with E-state index in [9.17, 15) is 9.59 Å². The summed E-state index contributed by atoms with van der Waals surface area (Å²) in [7, 11) is 1.57. The molecule has 6 nitrogen and oxygen atoms in total. The average molecular weight is 319 g/mol. The summed E-state index contributed by atoms with van der Waals surface area (Å²) in [6.07, 6.45) is 0. The summed E-state index contributed by atoms with van der Waals surface area (Å²) in [4.78, 5) is 28.4. The third-order valence-corrected chi connectivity index (χ3v) is 3.93. The summed E-state index contributed by atoms with van der Waals surface area (Å²) >= 11 is 1.30. The Kier molecular flexibility index (Phi) is 5.48. The van der Waals surface area contributed by atoms with Crippen LogP contribution < -0.4 is 15.4 Å². The maximum Gasteiger partial charge on any atom is 0.263 e. The Labute approximate surface area is 132 Å². The zero-order valence-electron chi connectivity index (χ0n) is 12.4. The first kappa shape index (κ1) is 16.0. The quantitative estimate of drug-likeness (QED) is 0.793. The predicted molar refractivity (Wildman–Crippen MR) is 84.5 cm³/mol. The van der Waals surface area contributed by atoms with Gasteiger partial charge in [-0.3, -0.25) is 9.59 Å². The first-order chi connectivity index (χ1) is 10.6. The molecule has 0 aliphatic heterocycles. The Bertz CT molecular complexity index is 652. The van der Waals surface area contributed by atoms with Crippen molar-refractivity contribution in [2.24, 2.45) is 0 Å². The molecular weight excluding hydrogens is 302 g/mol. The molecule has 2 N–H and O–H groups in total. The van der Waals surface area contributed by atoms with Gasteiger partial charge in [0.25, 0.3) is 11.8 Å². The van der Waals surface area contributed by atoms with Crippen LogP contribution >= 0.6 is 11.3 Å². The van der Waals surface area contributed by atoms with Crippen LogP contribution in [0.4, 0.5) is 0 Å². The maximum atomic E-state index is 11.9. The second-order valence-electron chi connectivity index (χ2n) is 4.51. The Morgan fingerprint density at radius 1 is 1.14 bits per heavy atom. The number of aromatic nitrogens is 1. The number of amides is 2. The number of nitrogens with one attached hydrogen (secondary N) is 2. The van der Waals surface area contributed by atoms with E-state index >= 15 is 0 Å². The average Bonchev–Trinajstić information content (AvgIpc) is 2.97. The van der Waals surface area contributed by atoms with Crippen LogP contribution in [0.1, 0.15) is 25.7 Å². The van der Waals surface area contributed by atoms with E-state index in [1.807, 2.05) is 0 Å². The van der Waals surface area contributed by atoms with Crippen LogP contribution in [0, 0.1) is 6.92 Å². The first-order valence-electron chi connectivity index (χ1n) is 6.72. The van der Waals surface area contributed by atoms with Gasteiger partial charge in [0.15, 0.2) is 0 Å². The fourth-order valence-corrected chi connectivity index (χ4v) is 2.52. The van der Waals surface area contributed by atoms with E-state index in [1.54, 1.807) is 43.8 Å². The number of ether oxygens (including phenoxy) is 1. The van der Waals surface area contributed by atoms with Crippen molar-refractivity contribution >= 4 is 23.2 Å². The second-order valence-corrected chi connectivity index (χ2v) is 5.36. The zero-order chi connectivity index (χ0) is 15.9. The van der Waals surface area contributed by atoms with Gasteiger partial charge in [0.05, 0.1) is 18.3 Å². The van der Waals surface area contributed by atoms with Crippen LogP contribution in [0.2, 0.25) is 0 Å². The van der Waals surface area contributed by atoms with Crippen molar-refractivity contribution in [2.75, 3.05) is 20.2 Å². The first-order valence-corrected chi connectivity index (χ1v) is 7.60. The molecule has 2 amide bonds. The smallest absolute Gasteiger partial charge is 0.263 e. The number of hydrogen-bond acceptors (Lipinski definition) is 5. The summed E-state index contributed by atoms with van der Waals surface area (Å²) in [6.45, 7) is 2.50. The van der Waals surface area contributed by atoms with Gasteiger partial charge in [-0.25, -0.2) is 4.98 Å². The third kappa shape index (κ3) is 4.05. The standard InChI is InChI=1S/C15H17N3O3S/c1-10-13(22-9-18-10)15(20)17-8-7-16-14(19)11-3-5-12(21-2)6-4-11/h3-6,9H,7-8H2,1-2H3,(H,16,19)(H,17,20). The molecule has 2 rings (SSSR count). The number of rotatable bonds is 6. The molecule has 22 heavy (non-hydrogen) atoms. The fraction of sp³-hybridized carbons (Fsp3) is 0.267. The number of thiazole rings is 1. The number of benzene rings is 1. The largest absolute Gasteiger partial charge is 0.497 e. The van der Waals surface area contributed by atoms with Gasteiger partial charge in [0.2, 0.25) is 0 Å². The van der Waals surface area contributed by atoms with Crippen molar-refractivity contribution in [1.82, 2.24) is 15.6 Å². The van der Waals surface area contributed by atoms with Crippen LogP contribution in [0.5, 0.6) is 5.75 Å². The van der Waals surface area contributed by atoms with Gasteiger partial charge in [0, 0.05) is 18.7 Å². The van der Waals surface area contributed by atoms with Gasteiger partial charge in [-0.1, -0.05) is 0 Å². The third-order valence-electron chi connectivity index (χ3n) is 3.00. The molecule has 0 spiro atoms. The van der Waals surface area contributed by atoms with Crippen molar-refractivity contribution < 1.29 is 14.3 Å². The lowest BCUT2D eigenvalue weighted by Gasteiger charge is -2.07. The molecule has 1 aromatic heterocycles. The highest BCUT2D eigenvalue weighted by Gasteiger charge is 2.11. The number of carbonyl (C=O) groups is 2. The normalized spacial score (nSPS) is 10.1. The lowest BCUT2D eigenvalue weighted by Crippen LogP contribution is -2.34. The number of carbonyl (C=O) groups excluding carboxylic acids is 2. The van der Waals surface area contributed by atoms with Crippen molar-refractivity contribution in [3.8, 4) is 5.75 Å². The SMILES string of the molecule is COc1ccc(C(=O)NCCNC(=O)c2scnc2C)cc1.